The van der Waals surface area contributed by atoms with E-state index < -0.39 is 26.5 Å². The van der Waals surface area contributed by atoms with Crippen LogP contribution in [0.5, 0.6) is 0 Å². The van der Waals surface area contributed by atoms with E-state index in [1.54, 1.807) is 32.2 Å². The van der Waals surface area contributed by atoms with Gasteiger partial charge in [-0.1, -0.05) is 0 Å². The SMILES string of the molecule is CCS(=O)(=O)NC(=O)C(C)(C)Sc1ccnc2ccc(F)cc12. The van der Waals surface area contributed by atoms with Crippen molar-refractivity contribution in [1.29, 1.82) is 0 Å². The molecule has 0 aliphatic carbocycles. The summed E-state index contributed by atoms with van der Waals surface area (Å²) in [6.07, 6.45) is 1.57. The Kier molecular flexibility index (Phi) is 4.95. The normalized spacial score (nSPS) is 12.3. The van der Waals surface area contributed by atoms with Crippen molar-refractivity contribution >= 4 is 38.6 Å². The molecule has 0 spiro atoms. The van der Waals surface area contributed by atoms with Crippen LogP contribution in [0.15, 0.2) is 35.4 Å². The van der Waals surface area contributed by atoms with Crippen LogP contribution in [-0.4, -0.2) is 29.8 Å². The minimum Gasteiger partial charge on any atom is -0.272 e. The molecule has 1 aromatic heterocycles. The van der Waals surface area contributed by atoms with Gasteiger partial charge >= 0.3 is 0 Å². The van der Waals surface area contributed by atoms with Gasteiger partial charge in [0.15, 0.2) is 0 Å². The van der Waals surface area contributed by atoms with Crippen molar-refractivity contribution in [3.63, 3.8) is 0 Å². The molecule has 2 aromatic rings. The number of fused-ring (bicyclic) bond motifs is 1. The van der Waals surface area contributed by atoms with Gasteiger partial charge in [-0.15, -0.1) is 11.8 Å². The van der Waals surface area contributed by atoms with E-state index in [4.69, 9.17) is 0 Å². The molecular formula is C15H17FN2O3S2. The lowest BCUT2D eigenvalue weighted by Gasteiger charge is -2.23. The first-order chi connectivity index (χ1) is 10.6. The second-order valence-electron chi connectivity index (χ2n) is 5.42. The number of rotatable bonds is 5. The topological polar surface area (TPSA) is 76.1 Å². The van der Waals surface area contributed by atoms with E-state index in [1.165, 1.54) is 19.1 Å². The number of pyridine rings is 1. The third-order valence-electron chi connectivity index (χ3n) is 3.20. The average molecular weight is 356 g/mol. The summed E-state index contributed by atoms with van der Waals surface area (Å²) in [5, 5.41) is 0.580. The molecule has 2 rings (SSSR count). The number of carbonyl (C=O) groups excluding carboxylic acids is 1. The molecule has 1 aromatic carbocycles. The van der Waals surface area contributed by atoms with Gasteiger partial charge in [-0.2, -0.15) is 0 Å². The third-order valence-corrected chi connectivity index (χ3v) is 5.73. The van der Waals surface area contributed by atoms with Crippen LogP contribution in [0.2, 0.25) is 0 Å². The fourth-order valence-electron chi connectivity index (χ4n) is 1.84. The number of amides is 1. The Morgan fingerprint density at radius 2 is 2.04 bits per heavy atom. The number of thioether (sulfide) groups is 1. The molecule has 0 bridgehead atoms. The van der Waals surface area contributed by atoms with Gasteiger partial charge in [0.2, 0.25) is 15.9 Å². The number of halogens is 1. The molecule has 8 heteroatoms. The van der Waals surface area contributed by atoms with E-state index in [1.807, 2.05) is 4.72 Å². The predicted molar refractivity (Wildman–Crippen MR) is 89.2 cm³/mol. The highest BCUT2D eigenvalue weighted by Crippen LogP contribution is 2.36. The Hall–Kier alpha value is -1.67. The van der Waals surface area contributed by atoms with Crippen LogP contribution in [0.1, 0.15) is 20.8 Å². The summed E-state index contributed by atoms with van der Waals surface area (Å²) >= 11 is 1.16. The summed E-state index contributed by atoms with van der Waals surface area (Å²) < 4.78 is 37.6. The number of hydrogen-bond donors (Lipinski definition) is 1. The van der Waals surface area contributed by atoms with Crippen molar-refractivity contribution in [2.45, 2.75) is 30.4 Å². The number of nitrogens with zero attached hydrogens (tertiary/aromatic N) is 1. The first-order valence-electron chi connectivity index (χ1n) is 6.93. The van der Waals surface area contributed by atoms with Crippen LogP contribution >= 0.6 is 11.8 Å². The largest absolute Gasteiger partial charge is 0.272 e. The second kappa shape index (κ2) is 6.45. The van der Waals surface area contributed by atoms with Gasteiger partial charge in [0.25, 0.3) is 0 Å². The zero-order valence-electron chi connectivity index (χ0n) is 13.0. The molecule has 0 radical (unpaired) electrons. The quantitative estimate of drug-likeness (QED) is 0.834. The van der Waals surface area contributed by atoms with Gasteiger partial charge < -0.3 is 0 Å². The minimum atomic E-state index is -3.63. The number of hydrogen-bond acceptors (Lipinski definition) is 5. The Morgan fingerprint density at radius 1 is 1.35 bits per heavy atom. The monoisotopic (exact) mass is 356 g/mol. The number of carbonyl (C=O) groups is 1. The molecular weight excluding hydrogens is 339 g/mol. The fourth-order valence-corrected chi connectivity index (χ4v) is 3.68. The number of sulfonamides is 1. The fraction of sp³-hybridized carbons (Fsp3) is 0.333. The first kappa shape index (κ1) is 17.7. The zero-order chi connectivity index (χ0) is 17.3. The van der Waals surface area contributed by atoms with Crippen LogP contribution in [0, 0.1) is 5.82 Å². The molecule has 0 atom stereocenters. The number of aromatic nitrogens is 1. The highest BCUT2D eigenvalue weighted by Gasteiger charge is 2.32. The summed E-state index contributed by atoms with van der Waals surface area (Å²) in [5.41, 5.74) is 0.605. The lowest BCUT2D eigenvalue weighted by Crippen LogP contribution is -2.43. The maximum absolute atomic E-state index is 13.5. The number of benzene rings is 1. The third kappa shape index (κ3) is 4.20. The summed E-state index contributed by atoms with van der Waals surface area (Å²) in [7, 11) is -3.63. The summed E-state index contributed by atoms with van der Waals surface area (Å²) in [6, 6.07) is 5.90. The first-order valence-corrected chi connectivity index (χ1v) is 9.40. The van der Waals surface area contributed by atoms with Crippen molar-refractivity contribution in [3.05, 3.63) is 36.3 Å². The van der Waals surface area contributed by atoms with Crippen molar-refractivity contribution in [2.75, 3.05) is 5.75 Å². The molecule has 1 heterocycles. The molecule has 5 nitrogen and oxygen atoms in total. The van der Waals surface area contributed by atoms with Gasteiger partial charge in [0.1, 0.15) is 5.82 Å². The van der Waals surface area contributed by atoms with Crippen LogP contribution in [0.25, 0.3) is 10.9 Å². The number of nitrogens with one attached hydrogen (secondary N) is 1. The maximum atomic E-state index is 13.5. The Balaban J connectivity index is 2.34. The van der Waals surface area contributed by atoms with E-state index in [2.05, 4.69) is 4.98 Å². The van der Waals surface area contributed by atoms with Crippen LogP contribution in [0.3, 0.4) is 0 Å². The molecule has 0 unspecified atom stereocenters. The van der Waals surface area contributed by atoms with Gasteiger partial charge in [0.05, 0.1) is 16.0 Å². The van der Waals surface area contributed by atoms with Gasteiger partial charge in [-0.3, -0.25) is 14.5 Å². The zero-order valence-corrected chi connectivity index (χ0v) is 14.6. The lowest BCUT2D eigenvalue weighted by atomic mass is 10.2. The van der Waals surface area contributed by atoms with E-state index in [9.17, 15) is 17.6 Å². The molecule has 0 aliphatic rings. The van der Waals surface area contributed by atoms with Gasteiger partial charge in [0, 0.05) is 16.5 Å². The Bertz CT molecular complexity index is 851. The van der Waals surface area contributed by atoms with Crippen molar-refractivity contribution in [3.8, 4) is 0 Å². The molecule has 1 amide bonds. The summed E-state index contributed by atoms with van der Waals surface area (Å²) in [6.45, 7) is 4.68. The second-order valence-corrected chi connectivity index (χ2v) is 9.09. The standard InChI is InChI=1S/C15H17FN2O3S2/c1-4-23(20,21)18-14(19)15(2,3)22-13-7-8-17-12-6-5-10(16)9-11(12)13/h5-9H,4H2,1-3H3,(H,18,19). The molecule has 0 fully saturated rings. The van der Waals surface area contributed by atoms with Gasteiger partial charge in [-0.25, -0.2) is 12.8 Å². The van der Waals surface area contributed by atoms with Crippen molar-refractivity contribution < 1.29 is 17.6 Å². The van der Waals surface area contributed by atoms with E-state index in [0.29, 0.717) is 15.8 Å². The molecule has 0 aliphatic heterocycles. The minimum absolute atomic E-state index is 0.178. The van der Waals surface area contributed by atoms with Crippen molar-refractivity contribution in [1.82, 2.24) is 9.71 Å². The van der Waals surface area contributed by atoms with E-state index in [0.717, 1.165) is 11.8 Å². The summed E-state index contributed by atoms with van der Waals surface area (Å²) in [5.74, 6) is -1.20. The van der Waals surface area contributed by atoms with Crippen LogP contribution in [-0.2, 0) is 14.8 Å². The highest BCUT2D eigenvalue weighted by molar-refractivity contribution is 8.01. The van der Waals surface area contributed by atoms with Crippen LogP contribution < -0.4 is 4.72 Å². The Labute approximate surface area is 138 Å². The average Bonchev–Trinajstić information content (AvgIpc) is 2.47. The summed E-state index contributed by atoms with van der Waals surface area (Å²) in [4.78, 5) is 17.1. The predicted octanol–water partition coefficient (Wildman–Crippen LogP) is 2.71. The smallest absolute Gasteiger partial charge is 0.249 e. The molecule has 0 saturated heterocycles. The van der Waals surface area contributed by atoms with E-state index >= 15 is 0 Å². The molecule has 23 heavy (non-hydrogen) atoms. The Morgan fingerprint density at radius 3 is 2.70 bits per heavy atom. The molecule has 1 N–H and O–H groups in total. The van der Waals surface area contributed by atoms with Crippen LogP contribution in [0.4, 0.5) is 4.39 Å². The lowest BCUT2D eigenvalue weighted by molar-refractivity contribution is -0.120. The molecule has 124 valence electrons. The highest BCUT2D eigenvalue weighted by atomic mass is 32.2. The maximum Gasteiger partial charge on any atom is 0.249 e. The molecule has 0 saturated carbocycles. The van der Waals surface area contributed by atoms with Crippen molar-refractivity contribution in [2.24, 2.45) is 0 Å². The van der Waals surface area contributed by atoms with E-state index in [-0.39, 0.29) is 5.75 Å². The van der Waals surface area contributed by atoms with Gasteiger partial charge in [-0.05, 0) is 45.0 Å².